The van der Waals surface area contributed by atoms with Gasteiger partial charge < -0.3 is 13.9 Å². The number of benzene rings is 2. The Labute approximate surface area is 141 Å². The minimum Gasteiger partial charge on any atom is -0.495 e. The lowest BCUT2D eigenvalue weighted by atomic mass is 10.2. The molecule has 3 aromatic rings. The number of hydrogen-bond acceptors (Lipinski definition) is 2. The summed E-state index contributed by atoms with van der Waals surface area (Å²) in [5, 5.41) is 1.59. The molecule has 0 amide bonds. The van der Waals surface area contributed by atoms with Crippen LogP contribution in [0, 0.1) is 0 Å². The summed E-state index contributed by atoms with van der Waals surface area (Å²) in [4.78, 5) is 0. The zero-order chi connectivity index (χ0) is 16.6. The first-order valence-corrected chi connectivity index (χ1v) is 10.5. The molecule has 0 bridgehead atoms. The molecule has 120 valence electrons. The highest BCUT2D eigenvalue weighted by atomic mass is 35.5. The molecule has 1 heterocycles. The fourth-order valence-electron chi connectivity index (χ4n) is 2.81. The van der Waals surface area contributed by atoms with E-state index in [1.165, 1.54) is 0 Å². The number of fused-ring (bicyclic) bond motifs is 1. The molecule has 1 aromatic heterocycles. The third kappa shape index (κ3) is 3.31. The summed E-state index contributed by atoms with van der Waals surface area (Å²) in [6, 6.07) is 16.0. The van der Waals surface area contributed by atoms with Gasteiger partial charge in [-0.2, -0.15) is 0 Å². The number of hydrogen-bond donors (Lipinski definition) is 0. The second-order valence-corrected chi connectivity index (χ2v) is 9.96. The Hall–Kier alpha value is -1.70. The zero-order valence-electron chi connectivity index (χ0n) is 13.4. The Balaban J connectivity index is 2.31. The van der Waals surface area contributed by atoms with Gasteiger partial charge in [-0.1, -0.05) is 29.8 Å². The molecule has 0 saturated carbocycles. The van der Waals surface area contributed by atoms with E-state index < -0.39 is 7.14 Å². The van der Waals surface area contributed by atoms with Crippen LogP contribution in [-0.4, -0.2) is 25.0 Å². The zero-order valence-corrected chi connectivity index (χ0v) is 15.1. The van der Waals surface area contributed by atoms with Gasteiger partial charge in [-0.15, -0.1) is 0 Å². The second kappa shape index (κ2) is 6.07. The standard InChI is InChI=1S/C18H19ClNO2P/c1-22-18-11-17-13(10-16(18)19)9-15(12-23(2,3)21)20(17)14-7-5-4-6-8-14/h4-11H,12H2,1-3H3. The van der Waals surface area contributed by atoms with Gasteiger partial charge in [0, 0.05) is 29.0 Å². The smallest absolute Gasteiger partial charge is 0.139 e. The fourth-order valence-corrected chi connectivity index (χ4v) is 4.07. The molecule has 0 unspecified atom stereocenters. The van der Waals surface area contributed by atoms with Gasteiger partial charge in [-0.3, -0.25) is 0 Å². The predicted molar refractivity (Wildman–Crippen MR) is 98.0 cm³/mol. The van der Waals surface area contributed by atoms with Crippen LogP contribution >= 0.6 is 18.7 Å². The lowest BCUT2D eigenvalue weighted by Crippen LogP contribution is -2.00. The maximum absolute atomic E-state index is 12.4. The van der Waals surface area contributed by atoms with E-state index in [0.29, 0.717) is 16.9 Å². The van der Waals surface area contributed by atoms with E-state index in [-0.39, 0.29) is 0 Å². The van der Waals surface area contributed by atoms with Gasteiger partial charge in [0.1, 0.15) is 5.75 Å². The molecule has 3 rings (SSSR count). The lowest BCUT2D eigenvalue weighted by molar-refractivity contribution is 0.415. The normalized spacial score (nSPS) is 11.8. The van der Waals surface area contributed by atoms with Crippen molar-refractivity contribution in [2.45, 2.75) is 6.16 Å². The average Bonchev–Trinajstić information content (AvgIpc) is 2.81. The summed E-state index contributed by atoms with van der Waals surface area (Å²) in [6.07, 6.45) is 0.538. The molecule has 0 aliphatic rings. The Morgan fingerprint density at radius 2 is 1.83 bits per heavy atom. The van der Waals surface area contributed by atoms with Gasteiger partial charge in [-0.25, -0.2) is 0 Å². The van der Waals surface area contributed by atoms with Crippen molar-refractivity contribution in [1.82, 2.24) is 4.57 Å². The first-order valence-electron chi connectivity index (χ1n) is 7.36. The minimum absolute atomic E-state index is 0.538. The van der Waals surface area contributed by atoms with E-state index in [1.54, 1.807) is 7.11 Å². The molecular weight excluding hydrogens is 329 g/mol. The van der Waals surface area contributed by atoms with Crippen LogP contribution < -0.4 is 4.74 Å². The minimum atomic E-state index is -2.21. The Kier molecular flexibility index (Phi) is 4.27. The molecule has 0 spiro atoms. The average molecular weight is 348 g/mol. The summed E-state index contributed by atoms with van der Waals surface area (Å²) in [5.74, 6) is 0.636. The highest BCUT2D eigenvalue weighted by molar-refractivity contribution is 7.61. The topological polar surface area (TPSA) is 31.2 Å². The lowest BCUT2D eigenvalue weighted by Gasteiger charge is -2.13. The molecule has 0 radical (unpaired) electrons. The van der Waals surface area contributed by atoms with Crippen molar-refractivity contribution >= 4 is 29.6 Å². The van der Waals surface area contributed by atoms with E-state index in [0.717, 1.165) is 22.3 Å². The van der Waals surface area contributed by atoms with Crippen LogP contribution in [0.2, 0.25) is 5.02 Å². The first-order chi connectivity index (χ1) is 10.9. The van der Waals surface area contributed by atoms with Crippen LogP contribution in [0.4, 0.5) is 0 Å². The Morgan fingerprint density at radius 1 is 1.13 bits per heavy atom. The van der Waals surface area contributed by atoms with Gasteiger partial charge >= 0.3 is 0 Å². The van der Waals surface area contributed by atoms with Crippen LogP contribution in [-0.2, 0) is 10.7 Å². The van der Waals surface area contributed by atoms with Crippen molar-refractivity contribution in [1.29, 1.82) is 0 Å². The van der Waals surface area contributed by atoms with Gasteiger partial charge in [-0.05, 0) is 37.6 Å². The van der Waals surface area contributed by atoms with Gasteiger partial charge in [0.2, 0.25) is 0 Å². The van der Waals surface area contributed by atoms with Crippen molar-refractivity contribution in [3.63, 3.8) is 0 Å². The van der Waals surface area contributed by atoms with Crippen molar-refractivity contribution < 1.29 is 9.30 Å². The van der Waals surface area contributed by atoms with Crippen molar-refractivity contribution in [2.75, 3.05) is 20.4 Å². The van der Waals surface area contributed by atoms with Crippen LogP contribution in [0.1, 0.15) is 5.69 Å². The van der Waals surface area contributed by atoms with E-state index in [4.69, 9.17) is 16.3 Å². The number of para-hydroxylation sites is 1. The number of ether oxygens (including phenoxy) is 1. The highest BCUT2D eigenvalue weighted by Crippen LogP contribution is 2.43. The third-order valence-corrected chi connectivity index (χ3v) is 5.09. The van der Waals surface area contributed by atoms with E-state index in [1.807, 2.05) is 55.8 Å². The van der Waals surface area contributed by atoms with E-state index in [9.17, 15) is 4.57 Å². The number of nitrogens with zero attached hydrogens (tertiary/aromatic N) is 1. The van der Waals surface area contributed by atoms with E-state index >= 15 is 0 Å². The van der Waals surface area contributed by atoms with Crippen LogP contribution in [0.25, 0.3) is 16.6 Å². The Morgan fingerprint density at radius 3 is 2.43 bits per heavy atom. The monoisotopic (exact) mass is 347 g/mol. The third-order valence-electron chi connectivity index (χ3n) is 3.71. The predicted octanol–water partition coefficient (Wildman–Crippen LogP) is 5.42. The molecule has 0 aliphatic heterocycles. The van der Waals surface area contributed by atoms with Crippen molar-refractivity contribution in [2.24, 2.45) is 0 Å². The molecule has 0 N–H and O–H groups in total. The molecule has 0 saturated heterocycles. The molecule has 2 aromatic carbocycles. The van der Waals surface area contributed by atoms with Crippen molar-refractivity contribution in [3.05, 3.63) is 59.2 Å². The molecule has 5 heteroatoms. The van der Waals surface area contributed by atoms with Gasteiger partial charge in [0.15, 0.2) is 0 Å². The molecule has 0 atom stereocenters. The van der Waals surface area contributed by atoms with Crippen molar-refractivity contribution in [3.8, 4) is 11.4 Å². The number of methoxy groups -OCH3 is 1. The summed E-state index contributed by atoms with van der Waals surface area (Å²) in [6.45, 7) is 3.63. The number of aromatic nitrogens is 1. The second-order valence-electron chi connectivity index (χ2n) is 6.08. The maximum Gasteiger partial charge on any atom is 0.139 e. The maximum atomic E-state index is 12.4. The largest absolute Gasteiger partial charge is 0.495 e. The number of rotatable bonds is 4. The van der Waals surface area contributed by atoms with Crippen LogP contribution in [0.15, 0.2) is 48.5 Å². The SMILES string of the molecule is COc1cc2c(cc1Cl)cc(CP(C)(C)=O)n2-c1ccccc1. The summed E-state index contributed by atoms with van der Waals surface area (Å²) in [5.41, 5.74) is 3.06. The molecule has 23 heavy (non-hydrogen) atoms. The Bertz CT molecular complexity index is 896. The summed E-state index contributed by atoms with van der Waals surface area (Å²) in [7, 11) is -0.599. The first kappa shape index (κ1) is 16.2. The fraction of sp³-hybridized carbons (Fsp3) is 0.222. The molecule has 0 fully saturated rings. The van der Waals surface area contributed by atoms with Gasteiger partial charge in [0.05, 0.1) is 24.8 Å². The molecule has 3 nitrogen and oxygen atoms in total. The van der Waals surface area contributed by atoms with E-state index in [2.05, 4.69) is 10.6 Å². The van der Waals surface area contributed by atoms with Crippen LogP contribution in [0.3, 0.4) is 0 Å². The highest BCUT2D eigenvalue weighted by Gasteiger charge is 2.18. The van der Waals surface area contributed by atoms with Crippen LogP contribution in [0.5, 0.6) is 5.75 Å². The van der Waals surface area contributed by atoms with Gasteiger partial charge in [0.25, 0.3) is 0 Å². The molecule has 0 aliphatic carbocycles. The number of halogens is 1. The quantitative estimate of drug-likeness (QED) is 0.590. The summed E-state index contributed by atoms with van der Waals surface area (Å²) >= 11 is 6.26. The summed E-state index contributed by atoms with van der Waals surface area (Å²) < 4.78 is 19.9. The molecular formula is C18H19ClNO2P.